The Morgan fingerprint density at radius 2 is 2.03 bits per heavy atom. The number of rotatable bonds is 10. The van der Waals surface area contributed by atoms with Gasteiger partial charge in [0.1, 0.15) is 11.6 Å². The first-order valence-corrected chi connectivity index (χ1v) is 11.6. The van der Waals surface area contributed by atoms with Gasteiger partial charge in [0.05, 0.1) is 13.2 Å². The molecule has 0 saturated heterocycles. The smallest absolute Gasteiger partial charge is 0.300 e. The van der Waals surface area contributed by atoms with Gasteiger partial charge >= 0.3 is 0 Å². The van der Waals surface area contributed by atoms with Gasteiger partial charge in [-0.3, -0.25) is 4.79 Å². The Hall–Kier alpha value is -2.49. The van der Waals surface area contributed by atoms with Gasteiger partial charge in [-0.05, 0) is 38.2 Å². The number of aryl methyl sites for hydroxylation is 1. The standard InChI is InChI=1S/C22H34N4O3.C2H4O2/c1-3-13-29-20-14-17(9-10-18(20)23)22-24-21(25-26(22)11-6-12-27)15-16-7-4-5-8-19(16)28-2;1-2(3)4/h4-5,7-8,17-18,20,27H,3,6,9-15,23H2,1-2H3;1H3,(H,3,4)/t17-,18-,20-;/m0./s1. The first-order valence-electron chi connectivity index (χ1n) is 11.6. The predicted molar refractivity (Wildman–Crippen MR) is 125 cm³/mol. The van der Waals surface area contributed by atoms with Crippen molar-refractivity contribution < 1.29 is 24.5 Å². The summed E-state index contributed by atoms with van der Waals surface area (Å²) in [6.07, 6.45) is 5.11. The number of carboxylic acids is 1. The molecule has 0 radical (unpaired) electrons. The second-order valence-electron chi connectivity index (χ2n) is 8.28. The number of hydrogen-bond donors (Lipinski definition) is 3. The monoisotopic (exact) mass is 462 g/mol. The van der Waals surface area contributed by atoms with Crippen LogP contribution in [0.15, 0.2) is 24.3 Å². The van der Waals surface area contributed by atoms with E-state index in [0.29, 0.717) is 19.4 Å². The van der Waals surface area contributed by atoms with Crippen molar-refractivity contribution in [3.8, 4) is 5.75 Å². The summed E-state index contributed by atoms with van der Waals surface area (Å²) in [6, 6.07) is 8.04. The Kier molecular flexibility index (Phi) is 11.3. The maximum Gasteiger partial charge on any atom is 0.300 e. The molecule has 3 rings (SSSR count). The first kappa shape index (κ1) is 26.8. The zero-order chi connectivity index (χ0) is 24.2. The predicted octanol–water partition coefficient (Wildman–Crippen LogP) is 2.74. The number of methoxy groups -OCH3 is 1. The normalized spacial score (nSPS) is 20.1. The van der Waals surface area contributed by atoms with Crippen LogP contribution in [0.4, 0.5) is 0 Å². The van der Waals surface area contributed by atoms with Crippen LogP contribution in [0.1, 0.15) is 69.1 Å². The molecule has 1 saturated carbocycles. The van der Waals surface area contributed by atoms with Gasteiger partial charge in [-0.2, -0.15) is 5.10 Å². The van der Waals surface area contributed by atoms with Crippen LogP contribution in [0.2, 0.25) is 0 Å². The highest BCUT2D eigenvalue weighted by atomic mass is 16.5. The van der Waals surface area contributed by atoms with E-state index in [1.807, 2.05) is 28.9 Å². The molecule has 0 aliphatic heterocycles. The van der Waals surface area contributed by atoms with Crippen LogP contribution in [0.3, 0.4) is 0 Å². The van der Waals surface area contributed by atoms with Gasteiger partial charge in [0, 0.05) is 50.6 Å². The van der Waals surface area contributed by atoms with Gasteiger partial charge in [-0.1, -0.05) is 25.1 Å². The van der Waals surface area contributed by atoms with Gasteiger partial charge in [-0.25, -0.2) is 9.67 Å². The molecule has 1 aliphatic rings. The topological polar surface area (TPSA) is 133 Å². The fourth-order valence-electron chi connectivity index (χ4n) is 4.03. The van der Waals surface area contributed by atoms with E-state index in [-0.39, 0.29) is 24.7 Å². The average molecular weight is 463 g/mol. The Labute approximate surface area is 195 Å². The molecule has 4 N–H and O–H groups in total. The molecule has 0 bridgehead atoms. The number of benzene rings is 1. The number of carboxylic acid groups (broad SMARTS) is 1. The molecule has 2 aromatic rings. The van der Waals surface area contributed by atoms with Crippen LogP contribution in [-0.2, 0) is 22.5 Å². The molecule has 1 heterocycles. The van der Waals surface area contributed by atoms with E-state index in [4.69, 9.17) is 35.2 Å². The third-order valence-electron chi connectivity index (χ3n) is 5.56. The van der Waals surface area contributed by atoms with Crippen molar-refractivity contribution in [2.24, 2.45) is 5.73 Å². The molecule has 9 heteroatoms. The van der Waals surface area contributed by atoms with Crippen LogP contribution in [0, 0.1) is 0 Å². The maximum absolute atomic E-state index is 9.30. The van der Waals surface area contributed by atoms with Gasteiger partial charge in [0.25, 0.3) is 5.97 Å². The summed E-state index contributed by atoms with van der Waals surface area (Å²) in [6.45, 7) is 4.73. The minimum absolute atomic E-state index is 0.0642. The van der Waals surface area contributed by atoms with Crippen LogP contribution < -0.4 is 10.5 Å². The average Bonchev–Trinajstić information content (AvgIpc) is 3.19. The largest absolute Gasteiger partial charge is 0.496 e. The summed E-state index contributed by atoms with van der Waals surface area (Å²) in [7, 11) is 1.68. The number of carbonyl (C=O) groups is 1. The summed E-state index contributed by atoms with van der Waals surface area (Å²) < 4.78 is 13.5. The summed E-state index contributed by atoms with van der Waals surface area (Å²) in [5.74, 6) is 2.05. The number of aliphatic hydroxyl groups excluding tert-OH is 1. The van der Waals surface area contributed by atoms with E-state index in [0.717, 1.165) is 62.2 Å². The van der Waals surface area contributed by atoms with Crippen LogP contribution in [0.25, 0.3) is 0 Å². The molecule has 3 atom stereocenters. The minimum atomic E-state index is -0.833. The third-order valence-corrected chi connectivity index (χ3v) is 5.56. The second-order valence-corrected chi connectivity index (χ2v) is 8.28. The molecule has 1 aliphatic carbocycles. The van der Waals surface area contributed by atoms with E-state index in [1.165, 1.54) is 0 Å². The number of ether oxygens (including phenoxy) is 2. The lowest BCUT2D eigenvalue weighted by atomic mass is 9.83. The van der Waals surface area contributed by atoms with E-state index in [9.17, 15) is 5.11 Å². The number of aromatic nitrogens is 3. The molecule has 0 unspecified atom stereocenters. The van der Waals surface area contributed by atoms with Crippen molar-refractivity contribution in [2.45, 2.75) is 77.0 Å². The van der Waals surface area contributed by atoms with Gasteiger partial charge in [0.2, 0.25) is 0 Å². The summed E-state index contributed by atoms with van der Waals surface area (Å²) in [5, 5.41) is 21.5. The van der Waals surface area contributed by atoms with E-state index in [1.54, 1.807) is 7.11 Å². The Bertz CT molecular complexity index is 853. The molecule has 33 heavy (non-hydrogen) atoms. The first-order chi connectivity index (χ1) is 15.9. The zero-order valence-corrected chi connectivity index (χ0v) is 19.9. The Morgan fingerprint density at radius 3 is 2.70 bits per heavy atom. The number of aliphatic carboxylic acids is 1. The molecular formula is C24H38N4O5. The lowest BCUT2D eigenvalue weighted by Crippen LogP contribution is -2.42. The summed E-state index contributed by atoms with van der Waals surface area (Å²) in [4.78, 5) is 13.9. The maximum atomic E-state index is 9.30. The quantitative estimate of drug-likeness (QED) is 0.491. The summed E-state index contributed by atoms with van der Waals surface area (Å²) in [5.41, 5.74) is 7.37. The molecule has 0 spiro atoms. The second kappa shape index (κ2) is 13.9. The van der Waals surface area contributed by atoms with E-state index in [2.05, 4.69) is 6.92 Å². The number of hydrogen-bond acceptors (Lipinski definition) is 7. The fourth-order valence-corrected chi connectivity index (χ4v) is 4.03. The Morgan fingerprint density at radius 1 is 1.30 bits per heavy atom. The van der Waals surface area contributed by atoms with E-state index < -0.39 is 5.97 Å². The number of nitrogens with two attached hydrogens (primary N) is 1. The van der Waals surface area contributed by atoms with Crippen molar-refractivity contribution in [1.82, 2.24) is 14.8 Å². The fraction of sp³-hybridized carbons (Fsp3) is 0.625. The lowest BCUT2D eigenvalue weighted by molar-refractivity contribution is -0.134. The highest BCUT2D eigenvalue weighted by Gasteiger charge is 2.32. The van der Waals surface area contributed by atoms with Crippen molar-refractivity contribution in [3.63, 3.8) is 0 Å². The molecule has 0 amide bonds. The molecule has 184 valence electrons. The van der Waals surface area contributed by atoms with Crippen molar-refractivity contribution >= 4 is 5.97 Å². The SMILES string of the molecule is CC(=O)O.CCCO[C@H]1C[C@@H](c2nc(Cc3ccccc3OC)nn2CCCO)CC[C@@H]1N. The van der Waals surface area contributed by atoms with Gasteiger partial charge < -0.3 is 25.4 Å². The van der Waals surface area contributed by atoms with E-state index >= 15 is 0 Å². The highest BCUT2D eigenvalue weighted by molar-refractivity contribution is 5.62. The number of nitrogens with zero attached hydrogens (tertiary/aromatic N) is 3. The number of aliphatic hydroxyl groups is 1. The summed E-state index contributed by atoms with van der Waals surface area (Å²) >= 11 is 0. The van der Waals surface area contributed by atoms with Crippen molar-refractivity contribution in [3.05, 3.63) is 41.5 Å². The van der Waals surface area contributed by atoms with Gasteiger partial charge in [0.15, 0.2) is 5.82 Å². The van der Waals surface area contributed by atoms with Crippen LogP contribution in [-0.4, -0.2) is 63.4 Å². The number of para-hydroxylation sites is 1. The van der Waals surface area contributed by atoms with Crippen LogP contribution in [0.5, 0.6) is 5.75 Å². The molecule has 1 aromatic carbocycles. The molecule has 9 nitrogen and oxygen atoms in total. The van der Waals surface area contributed by atoms with Crippen molar-refractivity contribution in [2.75, 3.05) is 20.3 Å². The molecular weight excluding hydrogens is 424 g/mol. The molecule has 1 aromatic heterocycles. The molecule has 1 fully saturated rings. The Balaban J connectivity index is 0.000000890. The highest BCUT2D eigenvalue weighted by Crippen LogP contribution is 2.33. The minimum Gasteiger partial charge on any atom is -0.496 e. The third kappa shape index (κ3) is 8.42. The lowest BCUT2D eigenvalue weighted by Gasteiger charge is -2.33. The van der Waals surface area contributed by atoms with Crippen molar-refractivity contribution in [1.29, 1.82) is 0 Å². The zero-order valence-electron chi connectivity index (χ0n) is 19.9. The van der Waals surface area contributed by atoms with Crippen LogP contribution >= 0.6 is 0 Å². The van der Waals surface area contributed by atoms with Gasteiger partial charge in [-0.15, -0.1) is 0 Å².